The Bertz CT molecular complexity index is 840. The second-order valence-electron chi connectivity index (χ2n) is 6.09. The lowest BCUT2D eigenvalue weighted by molar-refractivity contribution is 0.0295. The van der Waals surface area contributed by atoms with Gasteiger partial charge < -0.3 is 4.74 Å². The number of benzene rings is 3. The number of fused-ring (bicyclic) bond motifs is 1. The fraction of sp³-hybridized carbons (Fsp3) is 0.136. The highest BCUT2D eigenvalue weighted by Crippen LogP contribution is 2.45. The molecule has 0 aromatic heterocycles. The van der Waals surface area contributed by atoms with Crippen LogP contribution in [-0.2, 0) is 4.74 Å². The fourth-order valence-corrected chi connectivity index (χ4v) is 3.47. The van der Waals surface area contributed by atoms with Gasteiger partial charge in [0.15, 0.2) is 0 Å². The van der Waals surface area contributed by atoms with Crippen LogP contribution in [0.4, 0.5) is 0 Å². The molecule has 0 saturated heterocycles. The van der Waals surface area contributed by atoms with Gasteiger partial charge in [0.25, 0.3) is 0 Å². The molecule has 0 aliphatic heterocycles. The van der Waals surface area contributed by atoms with E-state index in [0.717, 1.165) is 12.0 Å². The Labute approximate surface area is 141 Å². The molecular formula is C22H18O2. The highest BCUT2D eigenvalue weighted by atomic mass is 16.5. The van der Waals surface area contributed by atoms with Crippen LogP contribution in [0.1, 0.15) is 45.5 Å². The molecule has 1 aliphatic rings. The monoisotopic (exact) mass is 314 g/mol. The van der Waals surface area contributed by atoms with Crippen molar-refractivity contribution in [2.24, 2.45) is 0 Å². The quantitative estimate of drug-likeness (QED) is 0.627. The Morgan fingerprint density at radius 2 is 1.33 bits per heavy atom. The van der Waals surface area contributed by atoms with E-state index in [-0.39, 0.29) is 18.0 Å². The van der Waals surface area contributed by atoms with Crippen molar-refractivity contribution in [1.29, 1.82) is 0 Å². The first-order valence-corrected chi connectivity index (χ1v) is 8.23. The Morgan fingerprint density at radius 1 is 0.750 bits per heavy atom. The van der Waals surface area contributed by atoms with E-state index in [4.69, 9.17) is 4.74 Å². The molecule has 0 amide bonds. The van der Waals surface area contributed by atoms with Gasteiger partial charge in [-0.15, -0.1) is 0 Å². The van der Waals surface area contributed by atoms with E-state index >= 15 is 0 Å². The molecule has 2 unspecified atom stereocenters. The highest BCUT2D eigenvalue weighted by Gasteiger charge is 2.34. The van der Waals surface area contributed by atoms with Gasteiger partial charge in [-0.2, -0.15) is 0 Å². The summed E-state index contributed by atoms with van der Waals surface area (Å²) in [5, 5.41) is 0. The average molecular weight is 314 g/mol. The molecule has 1 aliphatic carbocycles. The number of carbonyl (C=O) groups is 1. The van der Waals surface area contributed by atoms with Crippen molar-refractivity contribution in [1.82, 2.24) is 0 Å². The van der Waals surface area contributed by atoms with Crippen molar-refractivity contribution < 1.29 is 9.53 Å². The number of ether oxygens (including phenoxy) is 1. The van der Waals surface area contributed by atoms with Gasteiger partial charge in [-0.1, -0.05) is 72.8 Å². The molecule has 3 aromatic rings. The Balaban J connectivity index is 1.63. The van der Waals surface area contributed by atoms with E-state index in [1.165, 1.54) is 11.1 Å². The van der Waals surface area contributed by atoms with Crippen molar-refractivity contribution in [3.8, 4) is 0 Å². The summed E-state index contributed by atoms with van der Waals surface area (Å²) in [4.78, 5) is 12.4. The number of rotatable bonds is 3. The first-order chi connectivity index (χ1) is 11.8. The molecule has 24 heavy (non-hydrogen) atoms. The smallest absolute Gasteiger partial charge is 0.338 e. The second-order valence-corrected chi connectivity index (χ2v) is 6.09. The van der Waals surface area contributed by atoms with E-state index in [1.807, 2.05) is 30.3 Å². The zero-order chi connectivity index (χ0) is 16.4. The Hall–Kier alpha value is -2.87. The van der Waals surface area contributed by atoms with Crippen molar-refractivity contribution in [2.45, 2.75) is 18.4 Å². The van der Waals surface area contributed by atoms with E-state index in [9.17, 15) is 4.79 Å². The molecule has 2 nitrogen and oxygen atoms in total. The van der Waals surface area contributed by atoms with Gasteiger partial charge >= 0.3 is 5.97 Å². The summed E-state index contributed by atoms with van der Waals surface area (Å²) < 4.78 is 5.84. The van der Waals surface area contributed by atoms with E-state index in [0.29, 0.717) is 5.56 Å². The topological polar surface area (TPSA) is 26.3 Å². The van der Waals surface area contributed by atoms with Crippen molar-refractivity contribution in [2.75, 3.05) is 0 Å². The SMILES string of the molecule is O=C(OC1CC(c2ccccc2)c2ccccc21)c1ccccc1. The van der Waals surface area contributed by atoms with E-state index in [2.05, 4.69) is 42.5 Å². The van der Waals surface area contributed by atoms with Crippen LogP contribution < -0.4 is 0 Å². The Kier molecular flexibility index (Phi) is 3.87. The van der Waals surface area contributed by atoms with Crippen molar-refractivity contribution >= 4 is 5.97 Å². The summed E-state index contributed by atoms with van der Waals surface area (Å²) in [7, 11) is 0. The van der Waals surface area contributed by atoms with Crippen LogP contribution in [-0.4, -0.2) is 5.97 Å². The largest absolute Gasteiger partial charge is 0.454 e. The van der Waals surface area contributed by atoms with Crippen LogP contribution in [0.15, 0.2) is 84.9 Å². The summed E-state index contributed by atoms with van der Waals surface area (Å²) in [5.41, 5.74) is 4.24. The van der Waals surface area contributed by atoms with Gasteiger partial charge in [-0.25, -0.2) is 4.79 Å². The third-order valence-corrected chi connectivity index (χ3v) is 4.63. The molecule has 3 aromatic carbocycles. The third kappa shape index (κ3) is 2.71. The summed E-state index contributed by atoms with van der Waals surface area (Å²) in [5.74, 6) is 0.0140. The molecule has 2 heteroatoms. The standard InChI is InChI=1S/C22H18O2/c23-22(17-11-5-2-6-12-17)24-21-15-20(16-9-3-1-4-10-16)18-13-7-8-14-19(18)21/h1-14,20-21H,15H2. The normalized spacial score (nSPS) is 18.8. The van der Waals surface area contributed by atoms with Crippen LogP contribution in [0.5, 0.6) is 0 Å². The first-order valence-electron chi connectivity index (χ1n) is 8.23. The van der Waals surface area contributed by atoms with Gasteiger partial charge in [0, 0.05) is 5.92 Å². The molecule has 118 valence electrons. The average Bonchev–Trinajstić information content (AvgIpc) is 3.02. The number of hydrogen-bond acceptors (Lipinski definition) is 2. The second kappa shape index (κ2) is 6.32. The minimum Gasteiger partial charge on any atom is -0.454 e. The lowest BCUT2D eigenvalue weighted by atomic mass is 9.93. The molecule has 0 bridgehead atoms. The third-order valence-electron chi connectivity index (χ3n) is 4.63. The molecule has 0 spiro atoms. The van der Waals surface area contributed by atoms with Crippen molar-refractivity contribution in [3.63, 3.8) is 0 Å². The maximum atomic E-state index is 12.4. The van der Waals surface area contributed by atoms with E-state index in [1.54, 1.807) is 12.1 Å². The van der Waals surface area contributed by atoms with E-state index < -0.39 is 0 Å². The minimum absolute atomic E-state index is 0.195. The van der Waals surface area contributed by atoms with Gasteiger partial charge in [0.05, 0.1) is 5.56 Å². The predicted molar refractivity (Wildman–Crippen MR) is 93.9 cm³/mol. The zero-order valence-corrected chi connectivity index (χ0v) is 13.3. The number of esters is 1. The lowest BCUT2D eigenvalue weighted by Crippen LogP contribution is -2.09. The highest BCUT2D eigenvalue weighted by molar-refractivity contribution is 5.89. The molecule has 0 N–H and O–H groups in total. The number of carbonyl (C=O) groups excluding carboxylic acids is 1. The summed E-state index contributed by atoms with van der Waals surface area (Å²) >= 11 is 0. The maximum Gasteiger partial charge on any atom is 0.338 e. The van der Waals surface area contributed by atoms with Gasteiger partial charge in [-0.05, 0) is 35.2 Å². The number of hydrogen-bond donors (Lipinski definition) is 0. The van der Waals surface area contributed by atoms with Crippen LogP contribution in [0.2, 0.25) is 0 Å². The summed E-state index contributed by atoms with van der Waals surface area (Å²) in [6.07, 6.45) is 0.598. The molecule has 0 heterocycles. The Morgan fingerprint density at radius 3 is 2.04 bits per heavy atom. The van der Waals surface area contributed by atoms with Crippen LogP contribution in [0.3, 0.4) is 0 Å². The van der Waals surface area contributed by atoms with Gasteiger partial charge in [0.2, 0.25) is 0 Å². The predicted octanol–water partition coefficient (Wildman–Crippen LogP) is 5.12. The van der Waals surface area contributed by atoms with Gasteiger partial charge in [0.1, 0.15) is 6.10 Å². The van der Waals surface area contributed by atoms with Crippen LogP contribution in [0, 0.1) is 0 Å². The molecule has 0 saturated carbocycles. The zero-order valence-electron chi connectivity index (χ0n) is 13.3. The molecular weight excluding hydrogens is 296 g/mol. The summed E-state index contributed by atoms with van der Waals surface area (Å²) in [6, 6.07) is 27.9. The van der Waals surface area contributed by atoms with Crippen LogP contribution in [0.25, 0.3) is 0 Å². The minimum atomic E-state index is -0.260. The molecule has 0 radical (unpaired) electrons. The molecule has 2 atom stereocenters. The van der Waals surface area contributed by atoms with Crippen molar-refractivity contribution in [3.05, 3.63) is 107 Å². The molecule has 4 rings (SSSR count). The summed E-state index contributed by atoms with van der Waals surface area (Å²) in [6.45, 7) is 0. The fourth-order valence-electron chi connectivity index (χ4n) is 3.47. The van der Waals surface area contributed by atoms with Crippen LogP contribution >= 0.6 is 0 Å². The maximum absolute atomic E-state index is 12.4. The first kappa shape index (κ1) is 14.7. The lowest BCUT2D eigenvalue weighted by Gasteiger charge is -2.14. The molecule has 0 fully saturated rings. The van der Waals surface area contributed by atoms with Gasteiger partial charge in [-0.3, -0.25) is 0 Å².